The number of hydrogen-bond donors (Lipinski definition) is 0. The monoisotopic (exact) mass is 234 g/mol. The molecule has 0 saturated carbocycles. The Hall–Kier alpha value is -1.19. The number of carbonyl (C=O) groups is 1. The van der Waals surface area contributed by atoms with Gasteiger partial charge in [0.15, 0.2) is 5.78 Å². The fourth-order valence-corrected chi connectivity index (χ4v) is 2.03. The van der Waals surface area contributed by atoms with Crippen LogP contribution in [0, 0.1) is 0 Å². The highest BCUT2D eigenvalue weighted by atomic mass is 16.1. The average Bonchev–Trinajstić information content (AvgIpc) is 2.26. The van der Waals surface area contributed by atoms with Gasteiger partial charge in [0.1, 0.15) is 0 Å². The predicted octanol–water partition coefficient (Wildman–Crippen LogP) is 1.84. The molecule has 0 heterocycles. The Morgan fingerprint density at radius 3 is 2.24 bits per heavy atom. The number of ketones is 1. The summed E-state index contributed by atoms with van der Waals surface area (Å²) in [7, 11) is 8.31. The summed E-state index contributed by atoms with van der Waals surface area (Å²) in [4.78, 5) is 15.3. The second kappa shape index (κ2) is 5.43. The molecule has 0 aliphatic heterocycles. The van der Waals surface area contributed by atoms with Gasteiger partial charge < -0.3 is 0 Å². The van der Waals surface area contributed by atoms with Crippen molar-refractivity contribution in [2.45, 2.75) is 19.0 Å². The molecule has 0 aromatic heterocycles. The van der Waals surface area contributed by atoms with Crippen LogP contribution in [0.3, 0.4) is 0 Å². The molecule has 0 unspecified atom stereocenters. The first kappa shape index (κ1) is 13.9. The van der Waals surface area contributed by atoms with Gasteiger partial charge in [0.25, 0.3) is 0 Å². The fraction of sp³-hybridized carbons (Fsp3) is 0.500. The fourth-order valence-electron chi connectivity index (χ4n) is 2.03. The minimum atomic E-state index is -0.0619. The Kier molecular flexibility index (Phi) is 4.43. The molecule has 17 heavy (non-hydrogen) atoms. The molecule has 1 rings (SSSR count). The third-order valence-corrected chi connectivity index (χ3v) is 3.24. The van der Waals surface area contributed by atoms with Crippen molar-refractivity contribution in [2.24, 2.45) is 0 Å². The Morgan fingerprint density at radius 2 is 1.88 bits per heavy atom. The van der Waals surface area contributed by atoms with E-state index in [9.17, 15) is 4.79 Å². The lowest BCUT2D eigenvalue weighted by molar-refractivity contribution is -0.112. The van der Waals surface area contributed by atoms with Crippen LogP contribution in [0.4, 0.5) is 0 Å². The zero-order valence-electron chi connectivity index (χ0n) is 11.4. The second-order valence-electron chi connectivity index (χ2n) is 4.85. The van der Waals surface area contributed by atoms with Gasteiger partial charge in [-0.2, -0.15) is 0 Å². The molecular weight excluding hydrogens is 212 g/mol. The Bertz CT molecular complexity index is 368. The standard InChI is InChI=1S/C14H22N2O/c1-12(17)6-7-13-8-10-14(11-9-13,15(2)3)16(4)5/h6-10H,11H2,1-5H3. The van der Waals surface area contributed by atoms with E-state index >= 15 is 0 Å². The van der Waals surface area contributed by atoms with E-state index in [0.29, 0.717) is 0 Å². The zero-order chi connectivity index (χ0) is 13.1. The summed E-state index contributed by atoms with van der Waals surface area (Å²) in [5, 5.41) is 0. The van der Waals surface area contributed by atoms with E-state index in [-0.39, 0.29) is 11.4 Å². The number of hydrogen-bond acceptors (Lipinski definition) is 3. The van der Waals surface area contributed by atoms with Gasteiger partial charge >= 0.3 is 0 Å². The van der Waals surface area contributed by atoms with Crippen LogP contribution in [0.15, 0.2) is 36.0 Å². The number of rotatable bonds is 4. The van der Waals surface area contributed by atoms with Crippen molar-refractivity contribution < 1.29 is 4.79 Å². The molecule has 1 aliphatic rings. The molecule has 3 heteroatoms. The lowest BCUT2D eigenvalue weighted by Crippen LogP contribution is -2.53. The van der Waals surface area contributed by atoms with E-state index in [1.165, 1.54) is 0 Å². The summed E-state index contributed by atoms with van der Waals surface area (Å²) in [6, 6.07) is 0. The lowest BCUT2D eigenvalue weighted by atomic mass is 9.94. The molecule has 0 aromatic carbocycles. The number of likely N-dealkylation sites (N-methyl/N-ethyl adjacent to an activating group) is 2. The largest absolute Gasteiger partial charge is 0.295 e. The average molecular weight is 234 g/mol. The van der Waals surface area contributed by atoms with Crippen LogP contribution < -0.4 is 0 Å². The topological polar surface area (TPSA) is 23.6 Å². The van der Waals surface area contributed by atoms with E-state index < -0.39 is 0 Å². The highest BCUT2D eigenvalue weighted by Gasteiger charge is 2.32. The quantitative estimate of drug-likeness (QED) is 0.548. The maximum atomic E-state index is 10.9. The van der Waals surface area contributed by atoms with Gasteiger partial charge in [-0.25, -0.2) is 0 Å². The van der Waals surface area contributed by atoms with E-state index in [1.807, 2.05) is 6.08 Å². The van der Waals surface area contributed by atoms with Gasteiger partial charge in [0.2, 0.25) is 0 Å². The number of allylic oxidation sites excluding steroid dienone is 4. The zero-order valence-corrected chi connectivity index (χ0v) is 11.4. The van der Waals surface area contributed by atoms with Crippen molar-refractivity contribution in [3.8, 4) is 0 Å². The van der Waals surface area contributed by atoms with Gasteiger partial charge in [-0.1, -0.05) is 18.2 Å². The minimum absolute atomic E-state index is 0.0619. The predicted molar refractivity (Wildman–Crippen MR) is 71.8 cm³/mol. The SMILES string of the molecule is CC(=O)C=CC1=CCC(N(C)C)(N(C)C)C=C1. The van der Waals surface area contributed by atoms with Gasteiger partial charge in [0, 0.05) is 6.42 Å². The third kappa shape index (κ3) is 3.14. The highest BCUT2D eigenvalue weighted by molar-refractivity contribution is 5.87. The molecule has 0 aromatic rings. The Morgan fingerprint density at radius 1 is 1.29 bits per heavy atom. The highest BCUT2D eigenvalue weighted by Crippen LogP contribution is 2.27. The van der Waals surface area contributed by atoms with Gasteiger partial charge in [-0.15, -0.1) is 0 Å². The molecule has 0 radical (unpaired) electrons. The molecule has 0 amide bonds. The van der Waals surface area contributed by atoms with Gasteiger partial charge in [0.05, 0.1) is 5.66 Å². The van der Waals surface area contributed by atoms with Gasteiger partial charge in [-0.3, -0.25) is 14.6 Å². The molecular formula is C14H22N2O. The normalized spacial score (nSPS) is 19.1. The van der Waals surface area contributed by atoms with Crippen molar-refractivity contribution >= 4 is 5.78 Å². The molecule has 0 atom stereocenters. The van der Waals surface area contributed by atoms with Gasteiger partial charge in [-0.05, 0) is 52.8 Å². The number of nitrogens with zero attached hydrogens (tertiary/aromatic N) is 2. The molecule has 0 spiro atoms. The van der Waals surface area contributed by atoms with Crippen molar-refractivity contribution in [1.29, 1.82) is 0 Å². The molecule has 0 bridgehead atoms. The lowest BCUT2D eigenvalue weighted by Gasteiger charge is -2.44. The second-order valence-corrected chi connectivity index (χ2v) is 4.85. The first-order chi connectivity index (χ1) is 7.88. The van der Waals surface area contributed by atoms with E-state index in [4.69, 9.17) is 0 Å². The van der Waals surface area contributed by atoms with E-state index in [2.05, 4.69) is 56.2 Å². The van der Waals surface area contributed by atoms with Crippen LogP contribution in [0.1, 0.15) is 13.3 Å². The molecule has 3 nitrogen and oxygen atoms in total. The number of carbonyl (C=O) groups excluding carboxylic acids is 1. The van der Waals surface area contributed by atoms with Crippen molar-refractivity contribution in [2.75, 3.05) is 28.2 Å². The molecule has 1 aliphatic carbocycles. The summed E-state index contributed by atoms with van der Waals surface area (Å²) in [5.41, 5.74) is 1.03. The van der Waals surface area contributed by atoms with Crippen LogP contribution in [0.2, 0.25) is 0 Å². The van der Waals surface area contributed by atoms with Crippen LogP contribution in [0.25, 0.3) is 0 Å². The minimum Gasteiger partial charge on any atom is -0.295 e. The van der Waals surface area contributed by atoms with Crippen LogP contribution in [-0.4, -0.2) is 49.4 Å². The van der Waals surface area contributed by atoms with Crippen LogP contribution >= 0.6 is 0 Å². The van der Waals surface area contributed by atoms with E-state index in [1.54, 1.807) is 13.0 Å². The van der Waals surface area contributed by atoms with Crippen molar-refractivity contribution in [3.05, 3.63) is 36.0 Å². The van der Waals surface area contributed by atoms with Crippen molar-refractivity contribution in [3.63, 3.8) is 0 Å². The molecule has 0 fully saturated rings. The maximum Gasteiger partial charge on any atom is 0.152 e. The smallest absolute Gasteiger partial charge is 0.152 e. The van der Waals surface area contributed by atoms with E-state index in [0.717, 1.165) is 12.0 Å². The van der Waals surface area contributed by atoms with Crippen molar-refractivity contribution in [1.82, 2.24) is 9.80 Å². The first-order valence-electron chi connectivity index (χ1n) is 5.81. The summed E-state index contributed by atoms with van der Waals surface area (Å²) in [5.74, 6) is 0.0800. The Labute approximate surface area is 104 Å². The van der Waals surface area contributed by atoms with Crippen LogP contribution in [0.5, 0.6) is 0 Å². The maximum absolute atomic E-state index is 10.9. The molecule has 0 N–H and O–H groups in total. The first-order valence-corrected chi connectivity index (χ1v) is 5.81. The third-order valence-electron chi connectivity index (χ3n) is 3.24. The molecule has 0 saturated heterocycles. The molecule has 94 valence electrons. The summed E-state index contributed by atoms with van der Waals surface area (Å²) < 4.78 is 0. The summed E-state index contributed by atoms with van der Waals surface area (Å²) in [6.45, 7) is 1.56. The summed E-state index contributed by atoms with van der Waals surface area (Å²) in [6.07, 6.45) is 10.8. The summed E-state index contributed by atoms with van der Waals surface area (Å²) >= 11 is 0. The Balaban J connectivity index is 2.84. The van der Waals surface area contributed by atoms with Crippen LogP contribution in [-0.2, 0) is 4.79 Å².